The second-order valence-corrected chi connectivity index (χ2v) is 21.0. The van der Waals surface area contributed by atoms with E-state index >= 15 is 0 Å². The van der Waals surface area contributed by atoms with Gasteiger partial charge < -0.3 is 14.1 Å². The van der Waals surface area contributed by atoms with E-state index in [9.17, 15) is 14.7 Å². The number of hydrogen-bond acceptors (Lipinski definition) is 3. The van der Waals surface area contributed by atoms with E-state index in [1.54, 1.807) is 4.57 Å². The van der Waals surface area contributed by atoms with Crippen molar-refractivity contribution in [1.82, 2.24) is 4.57 Å². The van der Waals surface area contributed by atoms with Gasteiger partial charge in [0, 0.05) is 0 Å². The van der Waals surface area contributed by atoms with Crippen molar-refractivity contribution in [3.8, 4) is 0 Å². The van der Waals surface area contributed by atoms with Gasteiger partial charge in [-0.05, 0) is 36.5 Å². The van der Waals surface area contributed by atoms with Crippen LogP contribution in [0.4, 0.5) is 0 Å². The van der Waals surface area contributed by atoms with Gasteiger partial charge in [0.1, 0.15) is 11.5 Å². The lowest BCUT2D eigenvalue weighted by Gasteiger charge is -2.64. The normalized spacial score (nSPS) is 26.0. The van der Waals surface area contributed by atoms with Crippen molar-refractivity contribution in [3.63, 3.8) is 0 Å². The largest absolute Gasteiger partial charge is 0.480 e. The van der Waals surface area contributed by atoms with E-state index in [1.807, 2.05) is 13.8 Å². The third-order valence-electron chi connectivity index (χ3n) is 7.62. The summed E-state index contributed by atoms with van der Waals surface area (Å²) < 4.78 is 8.27. The Morgan fingerprint density at radius 2 is 1.59 bits per heavy atom. The molecule has 2 unspecified atom stereocenters. The van der Waals surface area contributed by atoms with Gasteiger partial charge in [0.15, 0.2) is 16.6 Å². The van der Waals surface area contributed by atoms with Crippen LogP contribution in [-0.2, 0) is 14.0 Å². The number of carboxylic acids is 1. The smallest absolute Gasteiger partial charge is 0.326 e. The van der Waals surface area contributed by atoms with Crippen LogP contribution in [0.3, 0.4) is 0 Å². The molecule has 27 heavy (non-hydrogen) atoms. The summed E-state index contributed by atoms with van der Waals surface area (Å²) in [5.74, 6) is -0.942. The molecule has 5 nitrogen and oxygen atoms in total. The van der Waals surface area contributed by atoms with Gasteiger partial charge in [-0.25, -0.2) is 4.79 Å². The fourth-order valence-electron chi connectivity index (χ4n) is 3.64. The molecule has 1 aliphatic rings. The summed E-state index contributed by atoms with van der Waals surface area (Å²) in [6.07, 6.45) is 0.0574. The highest BCUT2D eigenvalue weighted by Gasteiger charge is 2.70. The second-order valence-electron chi connectivity index (χ2n) is 11.1. The Hall–Kier alpha value is -0.666. The molecule has 7 heteroatoms. The standard InChI is InChI=1S/C20H41NO4Si2/c1-13-20(14(2)25-27(11,12)19(6,7)8)15(16(22)23)21(17(20)24)26(9,10)18(3,4)5/h14-15H,13H2,1-12H3,(H,22,23)/t14-,15?,20?/m1/s1. The Morgan fingerprint density at radius 3 is 1.89 bits per heavy atom. The van der Waals surface area contributed by atoms with Crippen LogP contribution in [0, 0.1) is 5.41 Å². The summed E-state index contributed by atoms with van der Waals surface area (Å²) in [5.41, 5.74) is -0.975. The van der Waals surface area contributed by atoms with Gasteiger partial charge in [0.25, 0.3) is 0 Å². The van der Waals surface area contributed by atoms with Gasteiger partial charge in [0.2, 0.25) is 5.91 Å². The summed E-state index contributed by atoms with van der Waals surface area (Å²) in [6, 6.07) is -0.810. The molecular weight excluding hydrogens is 374 g/mol. The van der Waals surface area contributed by atoms with Crippen molar-refractivity contribution in [2.24, 2.45) is 5.41 Å². The minimum Gasteiger partial charge on any atom is -0.480 e. The maximum Gasteiger partial charge on any atom is 0.326 e. The molecule has 0 aliphatic carbocycles. The maximum atomic E-state index is 13.5. The second kappa shape index (κ2) is 6.99. The molecule has 1 aliphatic heterocycles. The molecule has 1 rings (SSSR count). The molecule has 0 saturated carbocycles. The van der Waals surface area contributed by atoms with Crippen LogP contribution in [0.2, 0.25) is 36.3 Å². The zero-order valence-electron chi connectivity index (χ0n) is 19.5. The molecular formula is C20H41NO4Si2. The molecule has 3 atom stereocenters. The first-order chi connectivity index (χ1) is 11.8. The fraction of sp³-hybridized carbons (Fsp3) is 0.900. The summed E-state index contributed by atoms with van der Waals surface area (Å²) in [4.78, 5) is 25.9. The zero-order chi connectivity index (χ0) is 21.8. The number of β-lactam (4-membered cyclic amide) rings is 1. The van der Waals surface area contributed by atoms with Crippen molar-refractivity contribution in [2.45, 2.75) is 110 Å². The zero-order valence-corrected chi connectivity index (χ0v) is 21.5. The number of amides is 1. The first kappa shape index (κ1) is 24.4. The quantitative estimate of drug-likeness (QED) is 0.484. The molecule has 0 aromatic carbocycles. The third kappa shape index (κ3) is 3.67. The lowest BCUT2D eigenvalue weighted by Crippen LogP contribution is -2.82. The molecule has 0 bridgehead atoms. The van der Waals surface area contributed by atoms with Crippen LogP contribution in [0.5, 0.6) is 0 Å². The summed E-state index contributed by atoms with van der Waals surface area (Å²) in [6.45, 7) is 25.1. The lowest BCUT2D eigenvalue weighted by molar-refractivity contribution is -0.187. The molecule has 0 spiro atoms. The molecule has 1 fully saturated rings. The van der Waals surface area contributed by atoms with Crippen molar-refractivity contribution >= 4 is 28.4 Å². The SMILES string of the molecule is CCC1([C@@H](C)O[Si](C)(C)C(C)(C)C)C(=O)N([Si](C)(C)C(C)(C)C)C1C(=O)O. The van der Waals surface area contributed by atoms with Crippen molar-refractivity contribution in [2.75, 3.05) is 0 Å². The molecule has 0 aromatic rings. The van der Waals surface area contributed by atoms with Crippen LogP contribution in [0.15, 0.2) is 0 Å². The highest BCUT2D eigenvalue weighted by Crippen LogP contribution is 2.54. The Kier molecular flexibility index (Phi) is 6.31. The number of hydrogen-bond donors (Lipinski definition) is 1. The fourth-order valence-corrected chi connectivity index (χ4v) is 7.52. The summed E-state index contributed by atoms with van der Waals surface area (Å²) >= 11 is 0. The summed E-state index contributed by atoms with van der Waals surface area (Å²) in [7, 11) is -4.43. The first-order valence-corrected chi connectivity index (χ1v) is 15.9. The van der Waals surface area contributed by atoms with Gasteiger partial charge in [-0.3, -0.25) is 4.79 Å². The monoisotopic (exact) mass is 415 g/mol. The number of carboxylic acid groups (broad SMARTS) is 1. The van der Waals surface area contributed by atoms with Gasteiger partial charge in [0.05, 0.1) is 6.10 Å². The number of carbonyl (C=O) groups excluding carboxylic acids is 1. The third-order valence-corrected chi connectivity index (χ3v) is 17.5. The van der Waals surface area contributed by atoms with E-state index in [2.05, 4.69) is 67.7 Å². The topological polar surface area (TPSA) is 66.8 Å². The average molecular weight is 416 g/mol. The molecule has 1 heterocycles. The predicted molar refractivity (Wildman–Crippen MR) is 116 cm³/mol. The molecule has 0 aromatic heterocycles. The molecule has 1 saturated heterocycles. The number of carbonyl (C=O) groups is 2. The number of nitrogens with zero attached hydrogens (tertiary/aromatic N) is 1. The van der Waals surface area contributed by atoms with Crippen molar-refractivity contribution < 1.29 is 19.1 Å². The molecule has 0 radical (unpaired) electrons. The number of aliphatic carboxylic acids is 1. The predicted octanol–water partition coefficient (Wildman–Crippen LogP) is 5.09. The van der Waals surface area contributed by atoms with Crippen LogP contribution >= 0.6 is 0 Å². The highest BCUT2D eigenvalue weighted by atomic mass is 28.4. The van der Waals surface area contributed by atoms with E-state index in [-0.39, 0.29) is 16.0 Å². The Labute approximate surface area is 168 Å². The van der Waals surface area contributed by atoms with Crippen molar-refractivity contribution in [1.29, 1.82) is 0 Å². The Morgan fingerprint density at radius 1 is 1.15 bits per heavy atom. The van der Waals surface area contributed by atoms with Gasteiger partial charge in [-0.15, -0.1) is 0 Å². The minimum absolute atomic E-state index is 0.000818. The van der Waals surface area contributed by atoms with Crippen molar-refractivity contribution in [3.05, 3.63) is 0 Å². The summed E-state index contributed by atoms with van der Waals surface area (Å²) in [5, 5.41) is 10.00. The van der Waals surface area contributed by atoms with E-state index < -0.39 is 40.1 Å². The highest BCUT2D eigenvalue weighted by molar-refractivity contribution is 6.80. The van der Waals surface area contributed by atoms with E-state index in [0.717, 1.165) is 0 Å². The van der Waals surface area contributed by atoms with E-state index in [0.29, 0.717) is 6.42 Å². The Bertz CT molecular complexity index is 604. The Balaban J connectivity index is 3.39. The average Bonchev–Trinajstić information content (AvgIpc) is 2.41. The van der Waals surface area contributed by atoms with Gasteiger partial charge >= 0.3 is 5.97 Å². The van der Waals surface area contributed by atoms with Crippen LogP contribution in [0.25, 0.3) is 0 Å². The van der Waals surface area contributed by atoms with Crippen LogP contribution < -0.4 is 0 Å². The number of rotatable bonds is 6. The van der Waals surface area contributed by atoms with E-state index in [4.69, 9.17) is 4.43 Å². The van der Waals surface area contributed by atoms with Crippen LogP contribution in [-0.4, -0.2) is 50.2 Å². The maximum absolute atomic E-state index is 13.5. The minimum atomic E-state index is -2.30. The van der Waals surface area contributed by atoms with Gasteiger partial charge in [-0.1, -0.05) is 61.6 Å². The first-order valence-electron chi connectivity index (χ1n) is 10.0. The molecule has 1 amide bonds. The van der Waals surface area contributed by atoms with Crippen LogP contribution in [0.1, 0.15) is 61.8 Å². The van der Waals surface area contributed by atoms with E-state index in [1.165, 1.54) is 0 Å². The lowest BCUT2D eigenvalue weighted by atomic mass is 9.66. The molecule has 158 valence electrons. The van der Waals surface area contributed by atoms with Gasteiger partial charge in [-0.2, -0.15) is 0 Å². The molecule has 1 N–H and O–H groups in total.